The molecule has 172 valence electrons. The Morgan fingerprint density at radius 1 is 1.15 bits per heavy atom. The smallest absolute Gasteiger partial charge is 0.291 e. The summed E-state index contributed by atoms with van der Waals surface area (Å²) in [6.07, 6.45) is 4.13. The molecule has 4 heterocycles. The second-order valence-electron chi connectivity index (χ2n) is 8.63. The van der Waals surface area contributed by atoms with Crippen LogP contribution in [0.3, 0.4) is 0 Å². The van der Waals surface area contributed by atoms with Crippen LogP contribution in [0.1, 0.15) is 34.7 Å². The molecule has 1 N–H and O–H groups in total. The van der Waals surface area contributed by atoms with E-state index in [4.69, 9.17) is 5.10 Å². The molecule has 0 unspecified atom stereocenters. The molecule has 33 heavy (non-hydrogen) atoms. The summed E-state index contributed by atoms with van der Waals surface area (Å²) in [6, 6.07) is 11.2. The molecule has 0 saturated carbocycles. The van der Waals surface area contributed by atoms with Gasteiger partial charge in [0.15, 0.2) is 0 Å². The first-order valence-corrected chi connectivity index (χ1v) is 11.4. The monoisotopic (exact) mass is 448 g/mol. The fourth-order valence-electron chi connectivity index (χ4n) is 4.22. The average molecular weight is 449 g/mol. The third-order valence-corrected chi connectivity index (χ3v) is 6.28. The molecule has 0 spiro atoms. The van der Waals surface area contributed by atoms with Crippen LogP contribution >= 0.6 is 0 Å². The predicted molar refractivity (Wildman–Crippen MR) is 122 cm³/mol. The molecule has 10 heteroatoms. The minimum atomic E-state index is -0.658. The Bertz CT molecular complexity index is 1130. The van der Waals surface area contributed by atoms with Crippen LogP contribution in [-0.4, -0.2) is 74.0 Å². The van der Waals surface area contributed by atoms with Gasteiger partial charge in [-0.25, -0.2) is 14.3 Å². The molecule has 2 amide bonds. The maximum absolute atomic E-state index is 13.1. The van der Waals surface area contributed by atoms with E-state index in [9.17, 15) is 9.59 Å². The summed E-state index contributed by atoms with van der Waals surface area (Å²) in [7, 11) is 1.73. The lowest BCUT2D eigenvalue weighted by molar-refractivity contribution is -0.120. The van der Waals surface area contributed by atoms with Gasteiger partial charge in [0.25, 0.3) is 11.8 Å². The number of likely N-dealkylation sites (tertiary alicyclic amines) is 1. The summed E-state index contributed by atoms with van der Waals surface area (Å²) in [5.41, 5.74) is 2.06. The number of fused-ring (bicyclic) bond motifs is 1. The number of benzene rings is 1. The largest absolute Gasteiger partial charge is 0.337 e. The van der Waals surface area contributed by atoms with Gasteiger partial charge in [-0.2, -0.15) is 5.10 Å². The first kappa shape index (κ1) is 21.3. The summed E-state index contributed by atoms with van der Waals surface area (Å²) in [6.45, 7) is 4.39. The number of likely N-dealkylation sites (N-methyl/N-ethyl adjacent to an activating group) is 1. The Morgan fingerprint density at radius 2 is 1.97 bits per heavy atom. The summed E-state index contributed by atoms with van der Waals surface area (Å²) < 4.78 is 3.48. The van der Waals surface area contributed by atoms with Gasteiger partial charge < -0.3 is 10.2 Å². The van der Waals surface area contributed by atoms with Crippen molar-refractivity contribution in [2.45, 2.75) is 38.4 Å². The molecule has 1 aromatic carbocycles. The van der Waals surface area contributed by atoms with Gasteiger partial charge in [-0.05, 0) is 31.5 Å². The van der Waals surface area contributed by atoms with Gasteiger partial charge in [-0.3, -0.25) is 14.5 Å². The Balaban J connectivity index is 1.21. The Labute approximate surface area is 192 Å². The molecule has 0 radical (unpaired) electrons. The molecule has 1 atom stereocenters. The van der Waals surface area contributed by atoms with Crippen molar-refractivity contribution in [1.29, 1.82) is 0 Å². The minimum absolute atomic E-state index is 0.0525. The van der Waals surface area contributed by atoms with Crippen molar-refractivity contribution in [3.63, 3.8) is 0 Å². The van der Waals surface area contributed by atoms with E-state index >= 15 is 0 Å². The fourth-order valence-corrected chi connectivity index (χ4v) is 4.22. The van der Waals surface area contributed by atoms with Gasteiger partial charge in [0.2, 0.25) is 5.82 Å². The highest BCUT2D eigenvalue weighted by atomic mass is 16.2. The Morgan fingerprint density at radius 3 is 2.73 bits per heavy atom. The first-order chi connectivity index (χ1) is 16.1. The van der Waals surface area contributed by atoms with E-state index in [1.165, 1.54) is 12.7 Å². The fraction of sp³-hybridized carbons (Fsp3) is 0.435. The highest BCUT2D eigenvalue weighted by Gasteiger charge is 2.31. The standard InChI is InChI=1S/C23H28N8O2/c1-28-20-14-18(8-12-29-10-5-11-29)26-31(20)13-9-19(23(28)33)25-22(32)21-24-16-30(27-21)15-17-6-3-2-4-7-17/h2-4,6-7,14,16,19H,5,8-13,15H2,1H3,(H,25,32)/t19-/m0/s1. The minimum Gasteiger partial charge on any atom is -0.337 e. The van der Waals surface area contributed by atoms with Crippen LogP contribution in [0.5, 0.6) is 0 Å². The molecule has 0 bridgehead atoms. The highest BCUT2D eigenvalue weighted by molar-refractivity contribution is 6.00. The topological polar surface area (TPSA) is 101 Å². The van der Waals surface area contributed by atoms with Crippen LogP contribution in [0.2, 0.25) is 0 Å². The number of rotatable bonds is 7. The third-order valence-electron chi connectivity index (χ3n) is 6.28. The zero-order valence-electron chi connectivity index (χ0n) is 18.7. The third kappa shape index (κ3) is 4.65. The molecule has 2 aromatic heterocycles. The zero-order chi connectivity index (χ0) is 22.8. The van der Waals surface area contributed by atoms with Gasteiger partial charge in [0.05, 0.1) is 12.2 Å². The molecule has 1 fully saturated rings. The summed E-state index contributed by atoms with van der Waals surface area (Å²) in [5.74, 6) is 0.195. The van der Waals surface area contributed by atoms with Gasteiger partial charge in [0.1, 0.15) is 18.2 Å². The van der Waals surface area contributed by atoms with Crippen LogP contribution in [-0.2, 0) is 24.3 Å². The van der Waals surface area contributed by atoms with Crippen molar-refractivity contribution < 1.29 is 9.59 Å². The van der Waals surface area contributed by atoms with E-state index in [0.717, 1.165) is 43.1 Å². The molecule has 10 nitrogen and oxygen atoms in total. The molecule has 2 aliphatic heterocycles. The second kappa shape index (κ2) is 9.14. The summed E-state index contributed by atoms with van der Waals surface area (Å²) in [5, 5.41) is 11.8. The van der Waals surface area contributed by atoms with Gasteiger partial charge in [-0.15, -0.1) is 5.10 Å². The lowest BCUT2D eigenvalue weighted by Crippen LogP contribution is -2.47. The van der Waals surface area contributed by atoms with Crippen molar-refractivity contribution in [2.24, 2.45) is 0 Å². The van der Waals surface area contributed by atoms with Crippen LogP contribution in [0.25, 0.3) is 0 Å². The Kier molecular flexibility index (Phi) is 5.91. The number of amides is 2. The van der Waals surface area contributed by atoms with Crippen molar-refractivity contribution in [3.05, 3.63) is 59.8 Å². The van der Waals surface area contributed by atoms with Gasteiger partial charge in [0, 0.05) is 32.6 Å². The lowest BCUT2D eigenvalue weighted by Gasteiger charge is -2.30. The summed E-state index contributed by atoms with van der Waals surface area (Å²) in [4.78, 5) is 33.9. The average Bonchev–Trinajstić information content (AvgIpc) is 3.40. The number of carbonyl (C=O) groups excluding carboxylic acids is 2. The normalized spacial score (nSPS) is 18.5. The maximum Gasteiger partial charge on any atom is 0.291 e. The number of carbonyl (C=O) groups is 2. The van der Waals surface area contributed by atoms with E-state index in [2.05, 4.69) is 20.3 Å². The van der Waals surface area contributed by atoms with E-state index in [1.807, 2.05) is 41.1 Å². The van der Waals surface area contributed by atoms with E-state index in [1.54, 1.807) is 16.6 Å². The van der Waals surface area contributed by atoms with Crippen LogP contribution < -0.4 is 10.2 Å². The number of aryl methyl sites for hydroxylation is 1. The number of nitrogens with zero attached hydrogens (tertiary/aromatic N) is 7. The van der Waals surface area contributed by atoms with E-state index < -0.39 is 11.9 Å². The zero-order valence-corrected chi connectivity index (χ0v) is 18.7. The van der Waals surface area contributed by atoms with Crippen LogP contribution in [0.15, 0.2) is 42.7 Å². The molecular weight excluding hydrogens is 420 g/mol. The molecule has 5 rings (SSSR count). The predicted octanol–water partition coefficient (Wildman–Crippen LogP) is 0.936. The molecule has 2 aliphatic rings. The first-order valence-electron chi connectivity index (χ1n) is 11.4. The maximum atomic E-state index is 13.1. The number of anilines is 1. The highest BCUT2D eigenvalue weighted by Crippen LogP contribution is 2.22. The molecular formula is C23H28N8O2. The number of nitrogens with one attached hydrogen (secondary N) is 1. The molecule has 0 aliphatic carbocycles. The lowest BCUT2D eigenvalue weighted by atomic mass is 10.2. The van der Waals surface area contributed by atoms with Crippen LogP contribution in [0.4, 0.5) is 5.82 Å². The SMILES string of the molecule is CN1C(=O)[C@@H](NC(=O)c2ncn(Cc3ccccc3)n2)CCn2nc(CCN3CCC3)cc21. The second-order valence-corrected chi connectivity index (χ2v) is 8.63. The van der Waals surface area contributed by atoms with Gasteiger partial charge in [-0.1, -0.05) is 30.3 Å². The Hall–Kier alpha value is -3.53. The van der Waals surface area contributed by atoms with Crippen molar-refractivity contribution in [3.8, 4) is 0 Å². The van der Waals surface area contributed by atoms with Crippen molar-refractivity contribution in [1.82, 2.24) is 34.8 Å². The van der Waals surface area contributed by atoms with Crippen LogP contribution in [0, 0.1) is 0 Å². The molecule has 1 saturated heterocycles. The van der Waals surface area contributed by atoms with E-state index in [-0.39, 0.29) is 11.7 Å². The number of hydrogen-bond acceptors (Lipinski definition) is 6. The van der Waals surface area contributed by atoms with Gasteiger partial charge >= 0.3 is 0 Å². The quantitative estimate of drug-likeness (QED) is 0.577. The van der Waals surface area contributed by atoms with E-state index in [0.29, 0.717) is 19.5 Å². The molecule has 3 aromatic rings. The van der Waals surface area contributed by atoms with Crippen molar-refractivity contribution >= 4 is 17.6 Å². The summed E-state index contributed by atoms with van der Waals surface area (Å²) >= 11 is 0. The number of hydrogen-bond donors (Lipinski definition) is 1. The number of aromatic nitrogens is 5. The van der Waals surface area contributed by atoms with Crippen molar-refractivity contribution in [2.75, 3.05) is 31.6 Å².